The van der Waals surface area contributed by atoms with Crippen LogP contribution in [-0.4, -0.2) is 7.11 Å². The summed E-state index contributed by atoms with van der Waals surface area (Å²) in [5.41, 5.74) is 7.95. The first-order chi connectivity index (χ1) is 8.52. The van der Waals surface area contributed by atoms with Crippen molar-refractivity contribution in [2.45, 2.75) is 6.04 Å². The lowest BCUT2D eigenvalue weighted by Gasteiger charge is -2.13. The molecular weight excluding hydrogens is 385 g/mol. The predicted octanol–water partition coefficient (Wildman–Crippen LogP) is 4.47. The maximum absolute atomic E-state index is 13.3. The van der Waals surface area contributed by atoms with Gasteiger partial charge >= 0.3 is 0 Å². The van der Waals surface area contributed by atoms with E-state index in [1.165, 1.54) is 13.2 Å². The van der Waals surface area contributed by atoms with Crippen molar-refractivity contribution in [3.63, 3.8) is 0 Å². The van der Waals surface area contributed by atoms with Crippen LogP contribution in [0.5, 0.6) is 5.75 Å². The fourth-order valence-corrected chi connectivity index (χ4v) is 4.54. The van der Waals surface area contributed by atoms with Crippen LogP contribution in [0.3, 0.4) is 0 Å². The van der Waals surface area contributed by atoms with Crippen molar-refractivity contribution in [3.8, 4) is 5.75 Å². The quantitative estimate of drug-likeness (QED) is 0.833. The van der Waals surface area contributed by atoms with Crippen molar-refractivity contribution < 1.29 is 9.13 Å². The molecule has 1 unspecified atom stereocenters. The second-order valence-corrected chi connectivity index (χ2v) is 7.40. The number of ether oxygens (including phenoxy) is 1. The highest BCUT2D eigenvalue weighted by Crippen LogP contribution is 2.37. The monoisotopic (exact) mass is 393 g/mol. The highest BCUT2D eigenvalue weighted by Gasteiger charge is 2.16. The number of benzene rings is 1. The maximum atomic E-state index is 13.3. The highest BCUT2D eigenvalue weighted by molar-refractivity contribution is 9.12. The Morgan fingerprint density at radius 3 is 2.61 bits per heavy atom. The van der Waals surface area contributed by atoms with E-state index in [4.69, 9.17) is 10.5 Å². The summed E-state index contributed by atoms with van der Waals surface area (Å²) in [6, 6.07) is 6.29. The summed E-state index contributed by atoms with van der Waals surface area (Å²) in [5, 5.41) is 0. The third-order valence-electron chi connectivity index (χ3n) is 2.55. The molecule has 96 valence electrons. The second-order valence-electron chi connectivity index (χ2n) is 3.65. The topological polar surface area (TPSA) is 35.2 Å². The molecule has 18 heavy (non-hydrogen) atoms. The van der Waals surface area contributed by atoms with Crippen LogP contribution < -0.4 is 10.5 Å². The zero-order chi connectivity index (χ0) is 13.3. The van der Waals surface area contributed by atoms with Gasteiger partial charge in [0.1, 0.15) is 0 Å². The first-order valence-electron chi connectivity index (χ1n) is 5.06. The SMILES string of the molecule is COc1cc(C(N)c2cc(Br)sc2Br)ccc1F. The molecule has 0 saturated carbocycles. The first kappa shape index (κ1) is 14.0. The molecule has 2 rings (SSSR count). The molecule has 1 heterocycles. The Balaban J connectivity index is 2.39. The lowest BCUT2D eigenvalue weighted by Crippen LogP contribution is -2.11. The number of nitrogens with two attached hydrogens (primary N) is 1. The minimum Gasteiger partial charge on any atom is -0.494 e. The van der Waals surface area contributed by atoms with Gasteiger partial charge in [-0.3, -0.25) is 0 Å². The summed E-state index contributed by atoms with van der Waals surface area (Å²) in [6.07, 6.45) is 0. The normalized spacial score (nSPS) is 12.5. The van der Waals surface area contributed by atoms with Crippen LogP contribution in [0.25, 0.3) is 0 Å². The van der Waals surface area contributed by atoms with Gasteiger partial charge in [-0.1, -0.05) is 6.07 Å². The Morgan fingerprint density at radius 1 is 1.33 bits per heavy atom. The average Bonchev–Trinajstić information content (AvgIpc) is 2.68. The molecule has 0 aliphatic carbocycles. The zero-order valence-electron chi connectivity index (χ0n) is 9.41. The summed E-state index contributed by atoms with van der Waals surface area (Å²) < 4.78 is 20.3. The highest BCUT2D eigenvalue weighted by atomic mass is 79.9. The van der Waals surface area contributed by atoms with Gasteiger partial charge in [0, 0.05) is 0 Å². The van der Waals surface area contributed by atoms with Crippen molar-refractivity contribution in [1.82, 2.24) is 0 Å². The van der Waals surface area contributed by atoms with Crippen molar-refractivity contribution in [2.24, 2.45) is 5.73 Å². The van der Waals surface area contributed by atoms with Gasteiger partial charge in [0.15, 0.2) is 11.6 Å². The number of hydrogen-bond donors (Lipinski definition) is 1. The van der Waals surface area contributed by atoms with Crippen LogP contribution in [-0.2, 0) is 0 Å². The van der Waals surface area contributed by atoms with Crippen molar-refractivity contribution in [2.75, 3.05) is 7.11 Å². The van der Waals surface area contributed by atoms with Gasteiger partial charge in [-0.2, -0.15) is 0 Å². The van der Waals surface area contributed by atoms with Gasteiger partial charge in [0.05, 0.1) is 20.7 Å². The molecule has 0 amide bonds. The number of halogens is 3. The molecule has 6 heteroatoms. The third kappa shape index (κ3) is 2.77. The molecule has 0 spiro atoms. The molecule has 0 aliphatic heterocycles. The van der Waals surface area contributed by atoms with Gasteiger partial charge in [-0.15, -0.1) is 11.3 Å². The van der Waals surface area contributed by atoms with E-state index in [9.17, 15) is 4.39 Å². The van der Waals surface area contributed by atoms with Crippen LogP contribution >= 0.6 is 43.2 Å². The van der Waals surface area contributed by atoms with Gasteiger partial charge in [0.2, 0.25) is 0 Å². The molecule has 1 atom stereocenters. The summed E-state index contributed by atoms with van der Waals surface area (Å²) in [4.78, 5) is 0. The Bertz CT molecular complexity index is 573. The lowest BCUT2D eigenvalue weighted by molar-refractivity contribution is 0.385. The summed E-state index contributed by atoms with van der Waals surface area (Å²) in [6.45, 7) is 0. The number of thiophene rings is 1. The summed E-state index contributed by atoms with van der Waals surface area (Å²) >= 11 is 8.43. The lowest BCUT2D eigenvalue weighted by atomic mass is 10.0. The summed E-state index contributed by atoms with van der Waals surface area (Å²) in [5.74, 6) is -0.188. The fraction of sp³-hybridized carbons (Fsp3) is 0.167. The molecule has 1 aromatic carbocycles. The molecule has 0 radical (unpaired) electrons. The van der Waals surface area contributed by atoms with E-state index in [1.807, 2.05) is 6.07 Å². The Morgan fingerprint density at radius 2 is 2.06 bits per heavy atom. The van der Waals surface area contributed by atoms with E-state index in [-0.39, 0.29) is 17.6 Å². The van der Waals surface area contributed by atoms with Crippen LogP contribution in [0.2, 0.25) is 0 Å². The van der Waals surface area contributed by atoms with Gasteiger partial charge in [0.25, 0.3) is 0 Å². The largest absolute Gasteiger partial charge is 0.494 e. The van der Waals surface area contributed by atoms with Gasteiger partial charge < -0.3 is 10.5 Å². The van der Waals surface area contributed by atoms with Crippen molar-refractivity contribution >= 4 is 43.2 Å². The van der Waals surface area contributed by atoms with E-state index in [2.05, 4.69) is 31.9 Å². The zero-order valence-corrected chi connectivity index (χ0v) is 13.4. The van der Waals surface area contributed by atoms with Crippen LogP contribution in [0.1, 0.15) is 17.2 Å². The summed E-state index contributed by atoms with van der Waals surface area (Å²) in [7, 11) is 1.44. The molecule has 2 nitrogen and oxygen atoms in total. The van der Waals surface area contributed by atoms with E-state index in [0.717, 1.165) is 18.7 Å². The molecule has 2 N–H and O–H groups in total. The molecule has 0 bridgehead atoms. The average molecular weight is 395 g/mol. The molecule has 1 aromatic heterocycles. The van der Waals surface area contributed by atoms with Gasteiger partial charge in [-0.25, -0.2) is 4.39 Å². The van der Waals surface area contributed by atoms with Crippen molar-refractivity contribution in [1.29, 1.82) is 0 Å². The molecule has 0 fully saturated rings. The van der Waals surface area contributed by atoms with E-state index < -0.39 is 0 Å². The molecule has 2 aromatic rings. The Labute approximate surface area is 125 Å². The van der Waals surface area contributed by atoms with E-state index in [0.29, 0.717) is 0 Å². The third-order valence-corrected chi connectivity index (χ3v) is 4.94. The van der Waals surface area contributed by atoms with Crippen LogP contribution in [0.15, 0.2) is 31.8 Å². The molecular formula is C12H10Br2FNOS. The van der Waals surface area contributed by atoms with E-state index >= 15 is 0 Å². The van der Waals surface area contributed by atoms with Gasteiger partial charge in [-0.05, 0) is 61.2 Å². The van der Waals surface area contributed by atoms with Crippen molar-refractivity contribution in [3.05, 3.63) is 48.8 Å². The van der Waals surface area contributed by atoms with Crippen LogP contribution in [0, 0.1) is 5.82 Å². The Hall–Kier alpha value is -0.430. The molecule has 0 saturated heterocycles. The first-order valence-corrected chi connectivity index (χ1v) is 7.47. The second kappa shape index (κ2) is 5.69. The number of methoxy groups -OCH3 is 1. The minimum absolute atomic E-state index is 0.202. The predicted molar refractivity (Wildman–Crippen MR) is 78.7 cm³/mol. The number of hydrogen-bond acceptors (Lipinski definition) is 3. The smallest absolute Gasteiger partial charge is 0.165 e. The minimum atomic E-state index is -0.390. The number of rotatable bonds is 3. The maximum Gasteiger partial charge on any atom is 0.165 e. The standard InChI is InChI=1S/C12H10Br2FNOS/c1-17-9-4-6(2-3-8(9)15)11(16)7-5-10(13)18-12(7)14/h2-5,11H,16H2,1H3. The van der Waals surface area contributed by atoms with Crippen LogP contribution in [0.4, 0.5) is 4.39 Å². The van der Waals surface area contributed by atoms with E-state index in [1.54, 1.807) is 23.5 Å². The fourth-order valence-electron chi connectivity index (χ4n) is 1.61. The Kier molecular flexibility index (Phi) is 4.42. The molecule has 0 aliphatic rings.